The predicted molar refractivity (Wildman–Crippen MR) is 58.0 cm³/mol. The Kier molecular flexibility index (Phi) is 3.47. The van der Waals surface area contributed by atoms with Gasteiger partial charge in [0.25, 0.3) is 0 Å². The highest BCUT2D eigenvalue weighted by molar-refractivity contribution is 5.85. The molecule has 0 radical (unpaired) electrons. The molecule has 1 saturated heterocycles. The lowest BCUT2D eigenvalue weighted by Gasteiger charge is -2.21. The van der Waals surface area contributed by atoms with Gasteiger partial charge >= 0.3 is 11.9 Å². The summed E-state index contributed by atoms with van der Waals surface area (Å²) in [4.78, 5) is 23.6. The molecular weight excluding hydrogens is 224 g/mol. The molecule has 2 aliphatic rings. The second kappa shape index (κ2) is 4.87. The number of fused-ring (bicyclic) bond motifs is 2. The Labute approximate surface area is 99.7 Å². The Bertz CT molecular complexity index is 317. The Balaban J connectivity index is 2.14. The molecule has 17 heavy (non-hydrogen) atoms. The van der Waals surface area contributed by atoms with E-state index in [2.05, 4.69) is 0 Å². The fraction of sp³-hybridized carbons (Fsp3) is 0.667. The first-order valence-corrected chi connectivity index (χ1v) is 5.86. The van der Waals surface area contributed by atoms with E-state index in [1.807, 2.05) is 12.2 Å². The first-order valence-electron chi connectivity index (χ1n) is 5.86. The maximum absolute atomic E-state index is 11.8. The molecule has 5 heteroatoms. The van der Waals surface area contributed by atoms with Crippen LogP contribution in [0.25, 0.3) is 0 Å². The molecule has 2 unspecified atom stereocenters. The van der Waals surface area contributed by atoms with E-state index in [0.29, 0.717) is 13.2 Å². The Morgan fingerprint density at radius 1 is 1.00 bits per heavy atom. The second-order valence-electron chi connectivity index (χ2n) is 4.01. The van der Waals surface area contributed by atoms with E-state index in [9.17, 15) is 9.59 Å². The van der Waals surface area contributed by atoms with Crippen molar-refractivity contribution in [2.75, 3.05) is 13.2 Å². The summed E-state index contributed by atoms with van der Waals surface area (Å²) >= 11 is 0. The molecule has 94 valence electrons. The molecule has 0 amide bonds. The summed E-state index contributed by atoms with van der Waals surface area (Å²) < 4.78 is 15.5. The summed E-state index contributed by atoms with van der Waals surface area (Å²) in [6.07, 6.45) is 2.91. The zero-order valence-corrected chi connectivity index (χ0v) is 9.92. The predicted octanol–water partition coefficient (Wildman–Crippen LogP) is 0.682. The van der Waals surface area contributed by atoms with Crippen molar-refractivity contribution in [3.63, 3.8) is 0 Å². The minimum absolute atomic E-state index is 0.298. The van der Waals surface area contributed by atoms with Crippen LogP contribution in [0.3, 0.4) is 0 Å². The van der Waals surface area contributed by atoms with Gasteiger partial charge in [-0.05, 0) is 13.8 Å². The van der Waals surface area contributed by atoms with Crippen LogP contribution in [-0.4, -0.2) is 37.4 Å². The number of rotatable bonds is 4. The highest BCUT2D eigenvalue weighted by Crippen LogP contribution is 2.40. The molecule has 0 saturated carbocycles. The summed E-state index contributed by atoms with van der Waals surface area (Å²) in [5.41, 5.74) is 0. The van der Waals surface area contributed by atoms with Crippen LogP contribution in [-0.2, 0) is 23.8 Å². The molecule has 4 atom stereocenters. The van der Waals surface area contributed by atoms with E-state index in [4.69, 9.17) is 14.2 Å². The number of carbonyl (C=O) groups excluding carboxylic acids is 2. The quantitative estimate of drug-likeness (QED) is 0.534. The van der Waals surface area contributed by atoms with Crippen LogP contribution in [0.2, 0.25) is 0 Å². The van der Waals surface area contributed by atoms with Crippen LogP contribution < -0.4 is 0 Å². The summed E-state index contributed by atoms with van der Waals surface area (Å²) in [7, 11) is 0. The fourth-order valence-corrected chi connectivity index (χ4v) is 2.35. The summed E-state index contributed by atoms with van der Waals surface area (Å²) in [6, 6.07) is 0. The maximum Gasteiger partial charge on any atom is 0.312 e. The summed E-state index contributed by atoms with van der Waals surface area (Å²) in [5.74, 6) is -1.90. The number of hydrogen-bond acceptors (Lipinski definition) is 5. The van der Waals surface area contributed by atoms with Crippen molar-refractivity contribution in [3.05, 3.63) is 12.2 Å². The van der Waals surface area contributed by atoms with Gasteiger partial charge in [0.2, 0.25) is 0 Å². The van der Waals surface area contributed by atoms with Gasteiger partial charge in [0.05, 0.1) is 25.4 Å². The third kappa shape index (κ3) is 2.07. The molecule has 0 N–H and O–H groups in total. The number of ether oxygens (including phenoxy) is 3. The molecule has 1 fully saturated rings. The lowest BCUT2D eigenvalue weighted by molar-refractivity contribution is -0.159. The van der Waals surface area contributed by atoms with Crippen LogP contribution >= 0.6 is 0 Å². The lowest BCUT2D eigenvalue weighted by atomic mass is 9.83. The standard InChI is InChI=1S/C12H16O5/c1-3-15-11(13)9-7-5-6-8(17-7)10(9)12(14)16-4-2/h5-10H,3-4H2,1-2H3/t7?,8?,9-,10-/m0/s1. The minimum Gasteiger partial charge on any atom is -0.466 e. The molecule has 0 aromatic rings. The zero-order valence-electron chi connectivity index (χ0n) is 9.92. The Hall–Kier alpha value is -1.36. The molecule has 0 aromatic carbocycles. The monoisotopic (exact) mass is 240 g/mol. The van der Waals surface area contributed by atoms with Gasteiger partial charge in [0.15, 0.2) is 0 Å². The molecule has 0 aromatic heterocycles. The molecular formula is C12H16O5. The zero-order chi connectivity index (χ0) is 12.4. The molecule has 0 spiro atoms. The normalized spacial score (nSPS) is 33.8. The molecule has 2 bridgehead atoms. The Morgan fingerprint density at radius 2 is 1.41 bits per heavy atom. The molecule has 2 heterocycles. The van der Waals surface area contributed by atoms with E-state index in [1.54, 1.807) is 13.8 Å². The van der Waals surface area contributed by atoms with E-state index in [1.165, 1.54) is 0 Å². The highest BCUT2D eigenvalue weighted by Gasteiger charge is 2.54. The van der Waals surface area contributed by atoms with Gasteiger partial charge in [0.1, 0.15) is 11.8 Å². The first kappa shape index (κ1) is 12.1. The van der Waals surface area contributed by atoms with Crippen LogP contribution in [0.5, 0.6) is 0 Å². The van der Waals surface area contributed by atoms with Gasteiger partial charge in [-0.15, -0.1) is 0 Å². The minimum atomic E-state index is -0.566. The van der Waals surface area contributed by atoms with Crippen LogP contribution in [0.1, 0.15) is 13.8 Å². The largest absolute Gasteiger partial charge is 0.466 e. The average molecular weight is 240 g/mol. The molecule has 2 aliphatic heterocycles. The van der Waals surface area contributed by atoms with Crippen LogP contribution in [0, 0.1) is 11.8 Å². The first-order chi connectivity index (χ1) is 8.19. The van der Waals surface area contributed by atoms with Crippen molar-refractivity contribution in [2.24, 2.45) is 11.8 Å². The lowest BCUT2D eigenvalue weighted by Crippen LogP contribution is -2.38. The van der Waals surface area contributed by atoms with Crippen molar-refractivity contribution in [1.29, 1.82) is 0 Å². The number of carbonyl (C=O) groups is 2. The van der Waals surface area contributed by atoms with E-state index in [-0.39, 0.29) is 24.1 Å². The van der Waals surface area contributed by atoms with Crippen molar-refractivity contribution in [3.8, 4) is 0 Å². The third-order valence-electron chi connectivity index (χ3n) is 3.02. The third-order valence-corrected chi connectivity index (χ3v) is 3.02. The number of hydrogen-bond donors (Lipinski definition) is 0. The van der Waals surface area contributed by atoms with Gasteiger partial charge in [-0.1, -0.05) is 12.2 Å². The van der Waals surface area contributed by atoms with Crippen molar-refractivity contribution < 1.29 is 23.8 Å². The smallest absolute Gasteiger partial charge is 0.312 e. The van der Waals surface area contributed by atoms with E-state index in [0.717, 1.165) is 0 Å². The van der Waals surface area contributed by atoms with Crippen LogP contribution in [0.4, 0.5) is 0 Å². The van der Waals surface area contributed by atoms with Crippen molar-refractivity contribution >= 4 is 11.9 Å². The van der Waals surface area contributed by atoms with Crippen LogP contribution in [0.15, 0.2) is 12.2 Å². The van der Waals surface area contributed by atoms with E-state index >= 15 is 0 Å². The van der Waals surface area contributed by atoms with Gasteiger partial charge in [-0.3, -0.25) is 9.59 Å². The van der Waals surface area contributed by atoms with Crippen molar-refractivity contribution in [1.82, 2.24) is 0 Å². The molecule has 0 aliphatic carbocycles. The van der Waals surface area contributed by atoms with Gasteiger partial charge in [-0.25, -0.2) is 0 Å². The topological polar surface area (TPSA) is 61.8 Å². The molecule has 2 rings (SSSR count). The SMILES string of the molecule is CCOC(=O)[C@H]1C2C=CC(O2)[C@@H]1C(=O)OCC. The molecule has 5 nitrogen and oxygen atoms in total. The summed E-state index contributed by atoms with van der Waals surface area (Å²) in [5, 5.41) is 0. The summed E-state index contributed by atoms with van der Waals surface area (Å²) in [6.45, 7) is 4.07. The maximum atomic E-state index is 11.8. The van der Waals surface area contributed by atoms with Gasteiger partial charge in [-0.2, -0.15) is 0 Å². The van der Waals surface area contributed by atoms with Gasteiger partial charge < -0.3 is 14.2 Å². The Morgan fingerprint density at radius 3 is 1.76 bits per heavy atom. The van der Waals surface area contributed by atoms with Gasteiger partial charge in [0, 0.05) is 0 Å². The fourth-order valence-electron chi connectivity index (χ4n) is 2.35. The van der Waals surface area contributed by atoms with Crippen molar-refractivity contribution in [2.45, 2.75) is 26.1 Å². The van der Waals surface area contributed by atoms with E-state index < -0.39 is 11.8 Å². The second-order valence-corrected chi connectivity index (χ2v) is 4.01. The number of esters is 2. The highest BCUT2D eigenvalue weighted by atomic mass is 16.6. The average Bonchev–Trinajstić information content (AvgIpc) is 2.89.